The van der Waals surface area contributed by atoms with E-state index in [0.717, 1.165) is 33.4 Å². The number of nitrogens with one attached hydrogen (secondary N) is 5. The van der Waals surface area contributed by atoms with E-state index in [1.807, 2.05) is 79.7 Å². The Morgan fingerprint density at radius 2 is 1.43 bits per heavy atom. The van der Waals surface area contributed by atoms with Crippen LogP contribution in [0.1, 0.15) is 87.3 Å². The second kappa shape index (κ2) is 22.9. The Balaban J connectivity index is 1.42. The number of hydrogen-bond donors (Lipinski definition) is 8. The maximum absolute atomic E-state index is 14.7. The van der Waals surface area contributed by atoms with Crippen molar-refractivity contribution in [2.75, 3.05) is 20.1 Å². The normalized spacial score (nSPS) is 17.3. The molecule has 1 heterocycles. The van der Waals surface area contributed by atoms with Crippen molar-refractivity contribution in [1.82, 2.24) is 31.2 Å². The summed E-state index contributed by atoms with van der Waals surface area (Å²) in [6.07, 6.45) is 5.96. The molecule has 16 heteroatoms. The number of unbranched alkanes of at least 4 members (excludes halogenated alkanes) is 1. The van der Waals surface area contributed by atoms with E-state index in [1.54, 1.807) is 6.20 Å². The first-order chi connectivity index (χ1) is 30.3. The van der Waals surface area contributed by atoms with Crippen molar-refractivity contribution in [1.29, 1.82) is 0 Å². The highest BCUT2D eigenvalue weighted by molar-refractivity contribution is 5.98. The number of nitrogens with zero attached hydrogens (tertiary/aromatic N) is 2. The summed E-state index contributed by atoms with van der Waals surface area (Å²) in [7, 11) is 1.42. The third-order valence-corrected chi connectivity index (χ3v) is 11.6. The molecular weight excluding hydrogens is 801 g/mol. The van der Waals surface area contributed by atoms with Gasteiger partial charge in [0, 0.05) is 50.0 Å². The van der Waals surface area contributed by atoms with Crippen LogP contribution >= 0.6 is 0 Å². The highest BCUT2D eigenvalue weighted by atomic mass is 16.2. The van der Waals surface area contributed by atoms with Crippen LogP contribution in [-0.2, 0) is 41.6 Å². The van der Waals surface area contributed by atoms with Crippen LogP contribution in [0, 0.1) is 0 Å². The Kier molecular flexibility index (Phi) is 17.2. The van der Waals surface area contributed by atoms with Gasteiger partial charge >= 0.3 is 0 Å². The zero-order chi connectivity index (χ0) is 45.4. The summed E-state index contributed by atoms with van der Waals surface area (Å²) in [5.74, 6) is -3.28. The zero-order valence-electron chi connectivity index (χ0n) is 36.2. The average molecular weight is 863 g/mol. The van der Waals surface area contributed by atoms with Gasteiger partial charge in [0.05, 0.1) is 6.54 Å². The lowest BCUT2D eigenvalue weighted by molar-refractivity contribution is -0.139. The van der Waals surface area contributed by atoms with Crippen molar-refractivity contribution in [2.45, 2.75) is 107 Å². The van der Waals surface area contributed by atoms with E-state index in [0.29, 0.717) is 32.1 Å². The van der Waals surface area contributed by atoms with Gasteiger partial charge in [-0.3, -0.25) is 33.8 Å². The number of aromatic amines is 1. The van der Waals surface area contributed by atoms with Gasteiger partial charge in [-0.2, -0.15) is 0 Å². The van der Waals surface area contributed by atoms with Gasteiger partial charge in [0.15, 0.2) is 5.96 Å². The second-order valence-corrected chi connectivity index (χ2v) is 16.4. The van der Waals surface area contributed by atoms with E-state index in [2.05, 4.69) is 43.4 Å². The largest absolute Gasteiger partial charge is 0.370 e. The molecule has 4 aromatic rings. The topological polar surface area (TPSA) is 260 Å². The fourth-order valence-corrected chi connectivity index (χ4v) is 8.22. The van der Waals surface area contributed by atoms with Gasteiger partial charge in [0.1, 0.15) is 23.7 Å². The molecule has 11 N–H and O–H groups in total. The number of fused-ring (bicyclic) bond motifs is 1. The lowest BCUT2D eigenvalue weighted by atomic mass is 9.73. The molecule has 336 valence electrons. The molecule has 0 bridgehead atoms. The molecule has 63 heavy (non-hydrogen) atoms. The first-order valence-corrected chi connectivity index (χ1v) is 21.7. The highest BCUT2D eigenvalue weighted by Crippen LogP contribution is 2.38. The number of rotatable bonds is 22. The predicted molar refractivity (Wildman–Crippen MR) is 243 cm³/mol. The van der Waals surface area contributed by atoms with Crippen LogP contribution in [0.5, 0.6) is 0 Å². The molecule has 5 rings (SSSR count). The quantitative estimate of drug-likeness (QED) is 0.0330. The summed E-state index contributed by atoms with van der Waals surface area (Å²) in [4.78, 5) is 91.1. The Bertz CT molecular complexity index is 2200. The maximum Gasteiger partial charge on any atom is 0.246 e. The van der Waals surface area contributed by atoms with Gasteiger partial charge in [0.2, 0.25) is 35.4 Å². The number of amides is 6. The predicted octanol–water partition coefficient (Wildman–Crippen LogP) is 2.81. The number of aliphatic imine (C=N–C) groups is 1. The van der Waals surface area contributed by atoms with Gasteiger partial charge in [-0.05, 0) is 73.6 Å². The summed E-state index contributed by atoms with van der Waals surface area (Å²) in [6.45, 7) is 1.76. The molecule has 1 aromatic heterocycles. The minimum absolute atomic E-state index is 0.0518. The molecule has 3 aromatic carbocycles. The van der Waals surface area contributed by atoms with Crippen molar-refractivity contribution in [3.05, 3.63) is 108 Å². The molecule has 16 nitrogen and oxygen atoms in total. The monoisotopic (exact) mass is 862 g/mol. The van der Waals surface area contributed by atoms with Gasteiger partial charge in [0.25, 0.3) is 0 Å². The molecule has 1 aliphatic rings. The number of aromatic nitrogens is 1. The Labute approximate surface area is 368 Å². The van der Waals surface area contributed by atoms with Crippen molar-refractivity contribution in [3.63, 3.8) is 0 Å². The number of hydrogen-bond acceptors (Lipinski definition) is 7. The molecular formula is C47H62N10O6. The van der Waals surface area contributed by atoms with Gasteiger partial charge in [-0.15, -0.1) is 0 Å². The van der Waals surface area contributed by atoms with Crippen LogP contribution in [-0.4, -0.2) is 95.1 Å². The summed E-state index contributed by atoms with van der Waals surface area (Å²) in [5, 5.41) is 12.6. The Hall–Kier alpha value is -6.71. The van der Waals surface area contributed by atoms with Gasteiger partial charge in [-0.25, -0.2) is 0 Å². The maximum atomic E-state index is 14.7. The number of nitrogens with two attached hydrogens (primary N) is 3. The zero-order valence-corrected chi connectivity index (χ0v) is 36.2. The van der Waals surface area contributed by atoms with E-state index >= 15 is 0 Å². The fraction of sp³-hybridized carbons (Fsp3) is 0.426. The number of carbonyl (C=O) groups excluding carboxylic acids is 6. The number of para-hydroxylation sites is 1. The number of carbonyl (C=O) groups is 6. The van der Waals surface area contributed by atoms with Crippen LogP contribution in [0.25, 0.3) is 10.9 Å². The first-order valence-electron chi connectivity index (χ1n) is 21.7. The summed E-state index contributed by atoms with van der Waals surface area (Å²) < 4.78 is 0. The van der Waals surface area contributed by atoms with Crippen LogP contribution < -0.4 is 38.5 Å². The van der Waals surface area contributed by atoms with Gasteiger partial charge in [-0.1, -0.05) is 92.2 Å². The van der Waals surface area contributed by atoms with E-state index in [9.17, 15) is 28.8 Å². The highest BCUT2D eigenvalue weighted by Gasteiger charge is 2.44. The number of benzene rings is 3. The van der Waals surface area contributed by atoms with E-state index in [-0.39, 0.29) is 63.0 Å². The van der Waals surface area contributed by atoms with Crippen molar-refractivity contribution in [3.8, 4) is 0 Å². The average Bonchev–Trinajstić information content (AvgIpc) is 3.68. The standard InChI is InChI=1S/C47H62N10O6/c1-3-4-21-41(59)56-47(24-22-33(23-25-47)32-16-9-6-10-17-32)45(63)55-38(27-31-14-7-5-8-15-31)43(61)53-37(20-13-26-51-46(49)50)42(60)54-39(44(62)57(2)30-40(48)58)28-34-29-52-36-19-12-11-18-35(34)36/h5-12,14-19,29,33,37-39,52H,3-4,13,20-28,30H2,1-2H3,(H2,48,58)(H,53,61)(H,54,60)(H,55,63)(H,56,59)(H4,49,50,51)/t33?,37-,38+,39-,47?/m0/s1. The lowest BCUT2D eigenvalue weighted by Crippen LogP contribution is -2.64. The molecule has 1 aliphatic carbocycles. The van der Waals surface area contributed by atoms with Crippen LogP contribution in [0.4, 0.5) is 0 Å². The molecule has 0 unspecified atom stereocenters. The molecule has 0 saturated heterocycles. The number of primary amides is 1. The summed E-state index contributed by atoms with van der Waals surface area (Å²) >= 11 is 0. The summed E-state index contributed by atoms with van der Waals surface area (Å²) in [6, 6.07) is 23.2. The minimum atomic E-state index is -1.27. The Morgan fingerprint density at radius 3 is 2.10 bits per heavy atom. The third kappa shape index (κ3) is 13.6. The fourth-order valence-electron chi connectivity index (χ4n) is 8.22. The lowest BCUT2D eigenvalue weighted by Gasteiger charge is -2.40. The van der Waals surface area contributed by atoms with Crippen molar-refractivity contribution < 1.29 is 28.8 Å². The third-order valence-electron chi connectivity index (χ3n) is 11.6. The number of likely N-dealkylation sites (N-methyl/N-ethyl adjacent to an activating group) is 1. The van der Waals surface area contributed by atoms with E-state index in [1.165, 1.54) is 12.6 Å². The molecule has 0 spiro atoms. The number of H-pyrrole nitrogens is 1. The molecule has 1 saturated carbocycles. The molecule has 1 fully saturated rings. The number of guanidine groups is 1. The Morgan fingerprint density at radius 1 is 0.794 bits per heavy atom. The smallest absolute Gasteiger partial charge is 0.246 e. The van der Waals surface area contributed by atoms with Gasteiger partial charge < -0.3 is 48.4 Å². The minimum Gasteiger partial charge on any atom is -0.370 e. The molecule has 3 atom stereocenters. The van der Waals surface area contributed by atoms with Crippen LogP contribution in [0.3, 0.4) is 0 Å². The van der Waals surface area contributed by atoms with Crippen molar-refractivity contribution in [2.24, 2.45) is 22.2 Å². The van der Waals surface area contributed by atoms with E-state index in [4.69, 9.17) is 17.2 Å². The summed E-state index contributed by atoms with van der Waals surface area (Å²) in [5.41, 5.74) is 18.8. The van der Waals surface area contributed by atoms with Crippen LogP contribution in [0.15, 0.2) is 96.1 Å². The van der Waals surface area contributed by atoms with E-state index < -0.39 is 53.2 Å². The second-order valence-electron chi connectivity index (χ2n) is 16.4. The van der Waals surface area contributed by atoms with Crippen molar-refractivity contribution >= 4 is 52.3 Å². The van der Waals surface area contributed by atoms with Crippen LogP contribution in [0.2, 0.25) is 0 Å². The molecule has 0 aliphatic heterocycles. The molecule has 0 radical (unpaired) electrons. The SMILES string of the molecule is CCCCC(=O)NC1(C(=O)N[C@H](Cc2ccccc2)C(=O)N[C@@H](CCCN=C(N)N)C(=O)N[C@@H](Cc2c[nH]c3ccccc23)C(=O)N(C)CC(N)=O)CCC(c2ccccc2)CC1. The molecule has 6 amide bonds. The first kappa shape index (κ1) is 47.3.